The van der Waals surface area contributed by atoms with Crippen molar-refractivity contribution in [2.45, 2.75) is 108 Å². The van der Waals surface area contributed by atoms with Gasteiger partial charge in [-0.05, 0) is 34.1 Å². The minimum atomic E-state index is -2.07. The maximum Gasteiger partial charge on any atom is 0.200 e. The molecule has 1 unspecified atom stereocenters. The van der Waals surface area contributed by atoms with Crippen LogP contribution in [0.15, 0.2) is 60.7 Å². The summed E-state index contributed by atoms with van der Waals surface area (Å²) in [5.74, 6) is 0. The molecule has 224 valence electrons. The Bertz CT molecular complexity index is 961. The molecule has 4 atom stereocenters. The van der Waals surface area contributed by atoms with Gasteiger partial charge in [-0.1, -0.05) is 120 Å². The van der Waals surface area contributed by atoms with Crippen LogP contribution in [0.4, 0.5) is 0 Å². The van der Waals surface area contributed by atoms with Crippen molar-refractivity contribution in [3.63, 3.8) is 0 Å². The van der Waals surface area contributed by atoms with Gasteiger partial charge < -0.3 is 23.4 Å². The van der Waals surface area contributed by atoms with Gasteiger partial charge in [-0.2, -0.15) is 0 Å². The van der Waals surface area contributed by atoms with Gasteiger partial charge in [0.1, 0.15) is 6.10 Å². The Kier molecular flexibility index (Phi) is 12.6. The van der Waals surface area contributed by atoms with Crippen molar-refractivity contribution in [2.75, 3.05) is 26.9 Å². The number of hydrogen-bond donors (Lipinski definition) is 0. The fourth-order valence-corrected chi connectivity index (χ4v) is 15.8. The van der Waals surface area contributed by atoms with E-state index in [9.17, 15) is 0 Å². The first-order chi connectivity index (χ1) is 19.0. The average Bonchev–Trinajstić information content (AvgIpc) is 2.93. The molecule has 2 aromatic carbocycles. The zero-order chi connectivity index (χ0) is 29.3. The number of benzene rings is 2. The van der Waals surface area contributed by atoms with E-state index < -0.39 is 22.7 Å². The van der Waals surface area contributed by atoms with E-state index in [-0.39, 0.29) is 12.2 Å². The fourth-order valence-electron chi connectivity index (χ4n) is 6.91. The Morgan fingerprint density at radius 2 is 1.38 bits per heavy atom. The smallest absolute Gasteiger partial charge is 0.200 e. The van der Waals surface area contributed by atoms with Crippen molar-refractivity contribution in [1.29, 1.82) is 0 Å². The highest BCUT2D eigenvalue weighted by Gasteiger charge is 2.50. The van der Waals surface area contributed by atoms with Crippen LogP contribution in [-0.2, 0) is 30.0 Å². The van der Waals surface area contributed by atoms with E-state index in [0.717, 1.165) is 12.0 Å². The number of rotatable bonds is 15. The summed E-state index contributed by atoms with van der Waals surface area (Å²) >= 11 is 0. The van der Waals surface area contributed by atoms with Crippen LogP contribution in [0, 0.1) is 0 Å². The molecule has 5 nitrogen and oxygen atoms in total. The topological polar surface area (TPSA) is 46.2 Å². The molecule has 1 saturated heterocycles. The Morgan fingerprint density at radius 3 is 1.93 bits per heavy atom. The molecule has 0 bridgehead atoms. The molecule has 0 radical (unpaired) electrons. The second-order valence-electron chi connectivity index (χ2n) is 12.8. The molecule has 0 aromatic heterocycles. The largest absolute Gasteiger partial charge is 0.413 e. The third-order valence-corrected chi connectivity index (χ3v) is 19.4. The van der Waals surface area contributed by atoms with Crippen LogP contribution in [0.1, 0.15) is 53.5 Å². The molecule has 0 saturated carbocycles. The lowest BCUT2D eigenvalue weighted by molar-refractivity contribution is -0.259. The summed E-state index contributed by atoms with van der Waals surface area (Å²) < 4.78 is 32.3. The molecule has 2 aromatic rings. The summed E-state index contributed by atoms with van der Waals surface area (Å²) in [7, 11) is -2.36. The summed E-state index contributed by atoms with van der Waals surface area (Å²) in [5.41, 5.74) is 3.02. The van der Waals surface area contributed by atoms with Crippen molar-refractivity contribution >= 4 is 21.6 Å². The third kappa shape index (κ3) is 7.94. The molecular formula is C33H54O5Si2. The summed E-state index contributed by atoms with van der Waals surface area (Å²) in [6.07, 6.45) is 0.189. The summed E-state index contributed by atoms with van der Waals surface area (Å²) in [6, 6.07) is 21.4. The lowest BCUT2D eigenvalue weighted by Gasteiger charge is -2.49. The molecule has 1 aliphatic heterocycles. The van der Waals surface area contributed by atoms with Crippen molar-refractivity contribution < 1.29 is 23.4 Å². The van der Waals surface area contributed by atoms with Crippen LogP contribution in [-0.4, -0.2) is 61.8 Å². The first kappa shape index (κ1) is 33.2. The Balaban J connectivity index is 1.94. The molecule has 40 heavy (non-hydrogen) atoms. The molecule has 1 heterocycles. The highest BCUT2D eigenvalue weighted by Crippen LogP contribution is 2.45. The lowest BCUT2D eigenvalue weighted by Crippen LogP contribution is -2.59. The molecule has 7 heteroatoms. The summed E-state index contributed by atoms with van der Waals surface area (Å²) in [4.78, 5) is 0. The van der Waals surface area contributed by atoms with Crippen LogP contribution >= 0.6 is 0 Å². The maximum absolute atomic E-state index is 7.17. The van der Waals surface area contributed by atoms with E-state index >= 15 is 0 Å². The van der Waals surface area contributed by atoms with Gasteiger partial charge in [-0.3, -0.25) is 0 Å². The van der Waals surface area contributed by atoms with Gasteiger partial charge in [0.2, 0.25) is 0 Å². The zero-order valence-corrected chi connectivity index (χ0v) is 28.4. The number of ether oxygens (including phenoxy) is 4. The third-order valence-electron chi connectivity index (χ3n) is 9.07. The molecule has 1 aliphatic rings. The summed E-state index contributed by atoms with van der Waals surface area (Å²) in [6.45, 7) is 21.1. The normalized spacial score (nSPS) is 22.4. The lowest BCUT2D eigenvalue weighted by atomic mass is 10.0. The van der Waals surface area contributed by atoms with E-state index in [1.807, 2.05) is 6.07 Å². The van der Waals surface area contributed by atoms with Crippen molar-refractivity contribution in [3.05, 3.63) is 66.2 Å². The van der Waals surface area contributed by atoms with Gasteiger partial charge in [0.15, 0.2) is 14.6 Å². The van der Waals surface area contributed by atoms with E-state index in [4.69, 9.17) is 23.4 Å². The maximum atomic E-state index is 7.17. The van der Waals surface area contributed by atoms with Crippen LogP contribution in [0.25, 0.3) is 0 Å². The molecule has 0 aliphatic carbocycles. The van der Waals surface area contributed by atoms with E-state index in [1.54, 1.807) is 7.11 Å². The first-order valence-electron chi connectivity index (χ1n) is 15.1. The summed E-state index contributed by atoms with van der Waals surface area (Å²) in [5, 5.41) is 1.44. The Labute approximate surface area is 246 Å². The number of hydrogen-bond acceptors (Lipinski definition) is 5. The monoisotopic (exact) mass is 586 g/mol. The van der Waals surface area contributed by atoms with Crippen LogP contribution in [0.2, 0.25) is 35.3 Å². The minimum absolute atomic E-state index is 0.0610. The molecule has 3 rings (SSSR count). The minimum Gasteiger partial charge on any atom is -0.413 e. The molecule has 0 spiro atoms. The van der Waals surface area contributed by atoms with E-state index in [2.05, 4.69) is 109 Å². The van der Waals surface area contributed by atoms with Gasteiger partial charge in [0.05, 0.1) is 40.6 Å². The van der Waals surface area contributed by atoms with Gasteiger partial charge in [-0.15, -0.1) is 0 Å². The van der Waals surface area contributed by atoms with Crippen molar-refractivity contribution in [2.24, 2.45) is 0 Å². The SMILES string of the molecule is COCCO[C@H]1OC(CO[Si](C(C)C)(C(C)C)C(C)C)[C@@H]([Si](C)(C)c2ccccc2)C[C@@H]1OCc1ccccc1. The van der Waals surface area contributed by atoms with Crippen molar-refractivity contribution in [3.8, 4) is 0 Å². The van der Waals surface area contributed by atoms with Gasteiger partial charge in [0, 0.05) is 7.11 Å². The van der Waals surface area contributed by atoms with Gasteiger partial charge in [0.25, 0.3) is 0 Å². The molecule has 0 N–H and O–H groups in total. The fraction of sp³-hybridized carbons (Fsp3) is 0.636. The first-order valence-corrected chi connectivity index (χ1v) is 20.4. The average molecular weight is 587 g/mol. The quantitative estimate of drug-likeness (QED) is 0.159. The van der Waals surface area contributed by atoms with Crippen LogP contribution in [0.5, 0.6) is 0 Å². The Morgan fingerprint density at radius 1 is 0.800 bits per heavy atom. The van der Waals surface area contributed by atoms with E-state index in [0.29, 0.717) is 48.6 Å². The van der Waals surface area contributed by atoms with Gasteiger partial charge >= 0.3 is 0 Å². The zero-order valence-electron chi connectivity index (χ0n) is 26.4. The van der Waals surface area contributed by atoms with E-state index in [1.165, 1.54) is 5.19 Å². The second-order valence-corrected chi connectivity index (χ2v) is 23.0. The molecular weight excluding hydrogens is 533 g/mol. The predicted octanol–water partition coefficient (Wildman–Crippen LogP) is 7.53. The number of methoxy groups -OCH3 is 1. The van der Waals surface area contributed by atoms with Crippen LogP contribution in [0.3, 0.4) is 0 Å². The highest BCUT2D eigenvalue weighted by molar-refractivity contribution is 6.91. The molecule has 1 fully saturated rings. The van der Waals surface area contributed by atoms with Crippen molar-refractivity contribution in [1.82, 2.24) is 0 Å². The second kappa shape index (κ2) is 15.2. The van der Waals surface area contributed by atoms with Gasteiger partial charge in [-0.25, -0.2) is 0 Å². The standard InChI is InChI=1S/C33H54O5Si2/c1-25(2)40(26(3)4,27(5)6)37-24-31-32(39(8,9)29-18-14-11-15-19-29)22-30(33(38-31)35-21-20-34-7)36-23-28-16-12-10-13-17-28/h10-19,25-27,30-33H,20-24H2,1-9H3/t30-,31?,32-,33-/m0/s1. The highest BCUT2D eigenvalue weighted by atomic mass is 28.4. The predicted molar refractivity (Wildman–Crippen MR) is 170 cm³/mol. The Hall–Kier alpha value is -1.33. The van der Waals surface area contributed by atoms with Crippen LogP contribution < -0.4 is 5.19 Å². The molecule has 0 amide bonds.